The quantitative estimate of drug-likeness (QED) is 0.604. The first-order valence-electron chi connectivity index (χ1n) is 8.78. The van der Waals surface area contributed by atoms with Gasteiger partial charge in [0.05, 0.1) is 32.0 Å². The van der Waals surface area contributed by atoms with Crippen molar-refractivity contribution in [3.05, 3.63) is 0 Å². The van der Waals surface area contributed by atoms with E-state index in [-0.39, 0.29) is 29.1 Å². The molecule has 24 heavy (non-hydrogen) atoms. The molecule has 4 fully saturated rings. The summed E-state index contributed by atoms with van der Waals surface area (Å²) in [5.41, 5.74) is -1.22. The molecule has 0 aromatic rings. The van der Waals surface area contributed by atoms with Crippen LogP contribution in [0.15, 0.2) is 0 Å². The lowest BCUT2D eigenvalue weighted by molar-refractivity contribution is -0.141. The van der Waals surface area contributed by atoms with Gasteiger partial charge in [-0.3, -0.25) is 14.6 Å². The van der Waals surface area contributed by atoms with E-state index >= 15 is 0 Å². The van der Waals surface area contributed by atoms with Crippen LogP contribution in [0.25, 0.3) is 0 Å². The molecule has 4 heterocycles. The lowest BCUT2D eigenvalue weighted by atomic mass is 9.69. The summed E-state index contributed by atoms with van der Waals surface area (Å²) in [5, 5.41) is 3.03. The number of nitrogens with zero attached hydrogens (tertiary/aromatic N) is 2. The molecule has 0 aromatic heterocycles. The number of hydrogen-bond donors (Lipinski definition) is 1. The van der Waals surface area contributed by atoms with E-state index in [4.69, 9.17) is 9.47 Å². The normalized spacial score (nSPS) is 36.1. The predicted molar refractivity (Wildman–Crippen MR) is 86.6 cm³/mol. The molecule has 134 valence electrons. The van der Waals surface area contributed by atoms with Crippen molar-refractivity contribution >= 4 is 11.9 Å². The van der Waals surface area contributed by atoms with Gasteiger partial charge in [0, 0.05) is 17.6 Å². The number of likely N-dealkylation sites (tertiary alicyclic amines) is 1. The third-order valence-corrected chi connectivity index (χ3v) is 5.75. The van der Waals surface area contributed by atoms with Crippen LogP contribution in [0.2, 0.25) is 0 Å². The number of imide groups is 1. The van der Waals surface area contributed by atoms with Gasteiger partial charge in [0.25, 0.3) is 5.91 Å². The maximum absolute atomic E-state index is 13.1. The van der Waals surface area contributed by atoms with Crippen molar-refractivity contribution in [2.45, 2.75) is 69.4 Å². The second-order valence-electron chi connectivity index (χ2n) is 8.93. The van der Waals surface area contributed by atoms with Crippen LogP contribution in [0.1, 0.15) is 40.5 Å². The molecule has 4 rings (SSSR count). The highest BCUT2D eigenvalue weighted by Crippen LogP contribution is 2.46. The fourth-order valence-electron chi connectivity index (χ4n) is 4.88. The number of rotatable bonds is 4. The number of urea groups is 1. The standard InChI is InChI=1S/C17H27N3O4/c1-15(2)9-17(10-16(3,4)20(15)6-12-8-24-12)13(21)19(14(22)18-17)5-11-7-23-11/h11-12H,5-10H2,1-4H3,(H,18,22). The van der Waals surface area contributed by atoms with Crippen molar-refractivity contribution < 1.29 is 19.1 Å². The lowest BCUT2D eigenvalue weighted by Crippen LogP contribution is -2.70. The molecule has 2 unspecified atom stereocenters. The van der Waals surface area contributed by atoms with Crippen LogP contribution >= 0.6 is 0 Å². The maximum Gasteiger partial charge on any atom is 0.325 e. The molecule has 2 atom stereocenters. The van der Waals surface area contributed by atoms with Crippen LogP contribution in [0.5, 0.6) is 0 Å². The molecule has 1 N–H and O–H groups in total. The monoisotopic (exact) mass is 337 g/mol. The number of amides is 3. The van der Waals surface area contributed by atoms with Crippen molar-refractivity contribution in [1.29, 1.82) is 0 Å². The van der Waals surface area contributed by atoms with Gasteiger partial charge < -0.3 is 14.8 Å². The zero-order valence-electron chi connectivity index (χ0n) is 14.9. The molecule has 4 saturated heterocycles. The summed E-state index contributed by atoms with van der Waals surface area (Å²) in [4.78, 5) is 29.3. The molecule has 0 saturated carbocycles. The average Bonchev–Trinajstić information content (AvgIpc) is 3.32. The largest absolute Gasteiger partial charge is 0.372 e. The first-order chi connectivity index (χ1) is 11.1. The molecule has 0 aromatic carbocycles. The Kier molecular flexibility index (Phi) is 3.34. The fraction of sp³-hybridized carbons (Fsp3) is 0.882. The summed E-state index contributed by atoms with van der Waals surface area (Å²) in [6.45, 7) is 11.3. The number of hydrogen-bond acceptors (Lipinski definition) is 5. The van der Waals surface area contributed by atoms with Gasteiger partial charge in [0.1, 0.15) is 5.54 Å². The number of carbonyl (C=O) groups is 2. The molecule has 7 nitrogen and oxygen atoms in total. The molecule has 0 bridgehead atoms. The lowest BCUT2D eigenvalue weighted by Gasteiger charge is -2.57. The zero-order chi connectivity index (χ0) is 17.3. The number of ether oxygens (including phenoxy) is 2. The summed E-state index contributed by atoms with van der Waals surface area (Å²) < 4.78 is 10.6. The topological polar surface area (TPSA) is 77.7 Å². The number of piperidine rings is 1. The Hall–Kier alpha value is -1.18. The zero-order valence-corrected chi connectivity index (χ0v) is 14.9. The van der Waals surface area contributed by atoms with Gasteiger partial charge in [-0.05, 0) is 40.5 Å². The first-order valence-corrected chi connectivity index (χ1v) is 8.78. The highest BCUT2D eigenvalue weighted by Gasteiger charge is 2.61. The second-order valence-corrected chi connectivity index (χ2v) is 8.93. The summed E-state index contributed by atoms with van der Waals surface area (Å²) in [6, 6.07) is -0.277. The molecule has 0 aliphatic carbocycles. The van der Waals surface area contributed by atoms with Gasteiger partial charge in [-0.15, -0.1) is 0 Å². The molecule has 7 heteroatoms. The third kappa shape index (κ3) is 2.62. The van der Waals surface area contributed by atoms with Gasteiger partial charge in [-0.1, -0.05) is 0 Å². The van der Waals surface area contributed by atoms with Crippen molar-refractivity contribution in [2.75, 3.05) is 26.3 Å². The molecular weight excluding hydrogens is 310 g/mol. The SMILES string of the molecule is CC1(C)CC2(CC(C)(C)N1CC1CO1)NC(=O)N(CC1CO1)C2=O. The summed E-state index contributed by atoms with van der Waals surface area (Å²) in [7, 11) is 0. The van der Waals surface area contributed by atoms with Gasteiger partial charge in [0.15, 0.2) is 0 Å². The Morgan fingerprint density at radius 2 is 1.50 bits per heavy atom. The minimum atomic E-state index is -0.806. The molecular formula is C17H27N3O4. The summed E-state index contributed by atoms with van der Waals surface area (Å²) >= 11 is 0. The second kappa shape index (κ2) is 4.93. The molecule has 3 amide bonds. The summed E-state index contributed by atoms with van der Waals surface area (Å²) in [5.74, 6) is -0.0912. The third-order valence-electron chi connectivity index (χ3n) is 5.75. The van der Waals surface area contributed by atoms with Crippen LogP contribution in [-0.2, 0) is 14.3 Å². The van der Waals surface area contributed by atoms with E-state index in [2.05, 4.69) is 37.9 Å². The van der Waals surface area contributed by atoms with Crippen LogP contribution in [0.4, 0.5) is 4.79 Å². The van der Waals surface area contributed by atoms with Crippen molar-refractivity contribution in [3.63, 3.8) is 0 Å². The fourth-order valence-corrected chi connectivity index (χ4v) is 4.88. The highest BCUT2D eigenvalue weighted by atomic mass is 16.6. The first kappa shape index (κ1) is 16.3. The predicted octanol–water partition coefficient (Wildman–Crippen LogP) is 0.728. The Balaban J connectivity index is 1.60. The molecule has 4 aliphatic heterocycles. The number of carbonyl (C=O) groups excluding carboxylic acids is 2. The minimum Gasteiger partial charge on any atom is -0.372 e. The Labute approximate surface area is 142 Å². The van der Waals surface area contributed by atoms with E-state index in [1.165, 1.54) is 4.90 Å². The number of epoxide rings is 2. The highest BCUT2D eigenvalue weighted by molar-refractivity contribution is 6.07. The van der Waals surface area contributed by atoms with Crippen LogP contribution in [0.3, 0.4) is 0 Å². The smallest absolute Gasteiger partial charge is 0.325 e. The van der Waals surface area contributed by atoms with Crippen LogP contribution in [0, 0.1) is 0 Å². The van der Waals surface area contributed by atoms with Crippen molar-refractivity contribution in [3.8, 4) is 0 Å². The minimum absolute atomic E-state index is 0.0166. The van der Waals surface area contributed by atoms with Crippen LogP contribution < -0.4 is 5.32 Å². The summed E-state index contributed by atoms with van der Waals surface area (Å²) in [6.07, 6.45) is 1.55. The van der Waals surface area contributed by atoms with E-state index in [9.17, 15) is 9.59 Å². The van der Waals surface area contributed by atoms with E-state index < -0.39 is 5.54 Å². The van der Waals surface area contributed by atoms with Crippen molar-refractivity contribution in [1.82, 2.24) is 15.1 Å². The van der Waals surface area contributed by atoms with E-state index in [0.717, 1.165) is 13.2 Å². The van der Waals surface area contributed by atoms with Gasteiger partial charge in [-0.25, -0.2) is 4.79 Å². The van der Waals surface area contributed by atoms with Gasteiger partial charge in [0.2, 0.25) is 0 Å². The van der Waals surface area contributed by atoms with Gasteiger partial charge >= 0.3 is 6.03 Å². The van der Waals surface area contributed by atoms with Gasteiger partial charge in [-0.2, -0.15) is 0 Å². The number of nitrogens with one attached hydrogen (secondary N) is 1. The molecule has 1 spiro atoms. The van der Waals surface area contributed by atoms with Crippen LogP contribution in [-0.4, -0.2) is 76.9 Å². The molecule has 0 radical (unpaired) electrons. The Morgan fingerprint density at radius 1 is 1.00 bits per heavy atom. The Bertz CT molecular complexity index is 562. The average molecular weight is 337 g/mol. The van der Waals surface area contributed by atoms with Crippen molar-refractivity contribution in [2.24, 2.45) is 0 Å². The van der Waals surface area contributed by atoms with E-state index in [0.29, 0.717) is 32.1 Å². The maximum atomic E-state index is 13.1. The molecule has 4 aliphatic rings. The van der Waals surface area contributed by atoms with E-state index in [1.807, 2.05) is 0 Å². The van der Waals surface area contributed by atoms with E-state index in [1.54, 1.807) is 0 Å². The Morgan fingerprint density at radius 3 is 2.00 bits per heavy atom.